The largest absolute Gasteiger partial charge is 0.480 e. The number of carboxylic acid groups (broad SMARTS) is 1. The van der Waals surface area contributed by atoms with Crippen molar-refractivity contribution in [1.29, 1.82) is 0 Å². The van der Waals surface area contributed by atoms with Gasteiger partial charge in [-0.25, -0.2) is 4.79 Å². The number of rotatable bonds is 4. The molecular weight excluding hydrogens is 190 g/mol. The van der Waals surface area contributed by atoms with Gasteiger partial charge in [-0.1, -0.05) is 18.2 Å². The van der Waals surface area contributed by atoms with Crippen LogP contribution in [0.5, 0.6) is 0 Å². The molecule has 1 aromatic rings. The SMILES string of the molecule is O=C(O)C(CCl)Nc1ccccc1. The standard InChI is InChI=1S/C9H10ClNO2/c10-6-8(9(12)13)11-7-4-2-1-3-5-7/h1-5,8,11H,6H2,(H,12,13). The number of carbonyl (C=O) groups is 1. The molecule has 0 aromatic heterocycles. The Morgan fingerprint density at radius 3 is 2.54 bits per heavy atom. The number of anilines is 1. The monoisotopic (exact) mass is 199 g/mol. The predicted molar refractivity (Wildman–Crippen MR) is 52.2 cm³/mol. The van der Waals surface area contributed by atoms with Crippen molar-refractivity contribution in [3.63, 3.8) is 0 Å². The maximum absolute atomic E-state index is 10.6. The molecule has 0 fully saturated rings. The highest BCUT2D eigenvalue weighted by atomic mass is 35.5. The number of benzene rings is 1. The van der Waals surface area contributed by atoms with Gasteiger partial charge in [0.1, 0.15) is 6.04 Å². The van der Waals surface area contributed by atoms with E-state index in [0.29, 0.717) is 0 Å². The smallest absolute Gasteiger partial charge is 0.327 e. The molecule has 0 saturated carbocycles. The summed E-state index contributed by atoms with van der Waals surface area (Å²) >= 11 is 5.47. The molecule has 0 aliphatic rings. The molecule has 70 valence electrons. The van der Waals surface area contributed by atoms with E-state index in [1.807, 2.05) is 18.2 Å². The maximum atomic E-state index is 10.6. The molecular formula is C9H10ClNO2. The van der Waals surface area contributed by atoms with Crippen molar-refractivity contribution in [3.8, 4) is 0 Å². The second-order valence-electron chi connectivity index (χ2n) is 2.56. The van der Waals surface area contributed by atoms with Crippen LogP contribution in [-0.4, -0.2) is 23.0 Å². The molecule has 0 aliphatic carbocycles. The summed E-state index contributed by atoms with van der Waals surface area (Å²) in [6.45, 7) is 0. The van der Waals surface area contributed by atoms with Crippen LogP contribution in [0.1, 0.15) is 0 Å². The molecule has 0 aliphatic heterocycles. The third-order valence-electron chi connectivity index (χ3n) is 1.57. The van der Waals surface area contributed by atoms with E-state index in [4.69, 9.17) is 16.7 Å². The Labute approximate surface area is 81.3 Å². The van der Waals surface area contributed by atoms with Crippen LogP contribution in [0.15, 0.2) is 30.3 Å². The second-order valence-corrected chi connectivity index (χ2v) is 2.86. The lowest BCUT2D eigenvalue weighted by Crippen LogP contribution is -2.30. The Balaban J connectivity index is 2.62. The van der Waals surface area contributed by atoms with Crippen LogP contribution in [0, 0.1) is 0 Å². The molecule has 0 radical (unpaired) electrons. The topological polar surface area (TPSA) is 49.3 Å². The van der Waals surface area contributed by atoms with Crippen molar-refractivity contribution in [2.45, 2.75) is 6.04 Å². The van der Waals surface area contributed by atoms with Gasteiger partial charge in [-0.3, -0.25) is 0 Å². The number of alkyl halides is 1. The third kappa shape index (κ3) is 2.95. The van der Waals surface area contributed by atoms with Gasteiger partial charge >= 0.3 is 5.97 Å². The molecule has 0 saturated heterocycles. The fraction of sp³-hybridized carbons (Fsp3) is 0.222. The lowest BCUT2D eigenvalue weighted by Gasteiger charge is -2.11. The molecule has 2 N–H and O–H groups in total. The first-order valence-electron chi connectivity index (χ1n) is 3.84. The second kappa shape index (κ2) is 4.72. The van der Waals surface area contributed by atoms with Gasteiger partial charge in [0.15, 0.2) is 0 Å². The Morgan fingerprint density at radius 1 is 1.46 bits per heavy atom. The van der Waals surface area contributed by atoms with Crippen molar-refractivity contribution < 1.29 is 9.90 Å². The summed E-state index contributed by atoms with van der Waals surface area (Å²) < 4.78 is 0. The number of aliphatic carboxylic acids is 1. The van der Waals surface area contributed by atoms with Gasteiger partial charge in [0.25, 0.3) is 0 Å². The van der Waals surface area contributed by atoms with Crippen molar-refractivity contribution in [2.75, 3.05) is 11.2 Å². The number of para-hydroxylation sites is 1. The summed E-state index contributed by atoms with van der Waals surface area (Å²) in [5.74, 6) is -0.900. The van der Waals surface area contributed by atoms with E-state index < -0.39 is 12.0 Å². The first-order chi connectivity index (χ1) is 6.24. The van der Waals surface area contributed by atoms with Gasteiger partial charge in [0, 0.05) is 5.69 Å². The Morgan fingerprint density at radius 2 is 2.08 bits per heavy atom. The average molecular weight is 200 g/mol. The summed E-state index contributed by atoms with van der Waals surface area (Å²) in [7, 11) is 0. The summed E-state index contributed by atoms with van der Waals surface area (Å²) in [5, 5.41) is 11.5. The van der Waals surface area contributed by atoms with Crippen LogP contribution in [0.3, 0.4) is 0 Å². The molecule has 1 atom stereocenters. The van der Waals surface area contributed by atoms with E-state index in [1.54, 1.807) is 12.1 Å². The van der Waals surface area contributed by atoms with Crippen LogP contribution in [-0.2, 0) is 4.79 Å². The molecule has 1 rings (SSSR count). The van der Waals surface area contributed by atoms with E-state index in [0.717, 1.165) is 5.69 Å². The highest BCUT2D eigenvalue weighted by molar-refractivity contribution is 6.19. The lowest BCUT2D eigenvalue weighted by atomic mass is 10.2. The molecule has 1 aromatic carbocycles. The van der Waals surface area contributed by atoms with E-state index in [1.165, 1.54) is 0 Å². The van der Waals surface area contributed by atoms with Crippen LogP contribution < -0.4 is 5.32 Å². The van der Waals surface area contributed by atoms with Crippen LogP contribution in [0.4, 0.5) is 5.69 Å². The molecule has 1 unspecified atom stereocenters. The fourth-order valence-electron chi connectivity index (χ4n) is 0.902. The third-order valence-corrected chi connectivity index (χ3v) is 1.88. The van der Waals surface area contributed by atoms with Crippen molar-refractivity contribution in [3.05, 3.63) is 30.3 Å². The van der Waals surface area contributed by atoms with Crippen LogP contribution in [0.25, 0.3) is 0 Å². The van der Waals surface area contributed by atoms with E-state index in [2.05, 4.69) is 5.32 Å². The van der Waals surface area contributed by atoms with Crippen molar-refractivity contribution in [2.24, 2.45) is 0 Å². The zero-order valence-electron chi connectivity index (χ0n) is 6.90. The Hall–Kier alpha value is -1.22. The molecule has 0 heterocycles. The number of halogens is 1. The molecule has 13 heavy (non-hydrogen) atoms. The van der Waals surface area contributed by atoms with Crippen LogP contribution in [0.2, 0.25) is 0 Å². The number of hydrogen-bond donors (Lipinski definition) is 2. The van der Waals surface area contributed by atoms with Crippen molar-refractivity contribution in [1.82, 2.24) is 0 Å². The molecule has 3 nitrogen and oxygen atoms in total. The minimum atomic E-state index is -0.946. The lowest BCUT2D eigenvalue weighted by molar-refractivity contribution is -0.137. The molecule has 0 amide bonds. The van der Waals surface area contributed by atoms with Gasteiger partial charge in [-0.05, 0) is 12.1 Å². The zero-order chi connectivity index (χ0) is 9.68. The number of hydrogen-bond acceptors (Lipinski definition) is 2. The number of nitrogens with one attached hydrogen (secondary N) is 1. The summed E-state index contributed by atoms with van der Waals surface area (Å²) in [6.07, 6.45) is 0. The summed E-state index contributed by atoms with van der Waals surface area (Å²) in [5.41, 5.74) is 0.760. The van der Waals surface area contributed by atoms with E-state index in [-0.39, 0.29) is 5.88 Å². The fourth-order valence-corrected chi connectivity index (χ4v) is 1.11. The Bertz CT molecular complexity index is 276. The van der Waals surface area contributed by atoms with Gasteiger partial charge in [-0.15, -0.1) is 11.6 Å². The van der Waals surface area contributed by atoms with Gasteiger partial charge in [-0.2, -0.15) is 0 Å². The maximum Gasteiger partial charge on any atom is 0.327 e. The summed E-state index contributed by atoms with van der Waals surface area (Å²) in [6, 6.07) is 8.38. The molecule has 0 spiro atoms. The first kappa shape index (κ1) is 9.86. The zero-order valence-corrected chi connectivity index (χ0v) is 7.66. The van der Waals surface area contributed by atoms with E-state index in [9.17, 15) is 4.79 Å². The highest BCUT2D eigenvalue weighted by Gasteiger charge is 2.14. The van der Waals surface area contributed by atoms with E-state index >= 15 is 0 Å². The summed E-state index contributed by atoms with van der Waals surface area (Å²) in [4.78, 5) is 10.6. The molecule has 4 heteroatoms. The first-order valence-corrected chi connectivity index (χ1v) is 4.38. The van der Waals surface area contributed by atoms with Crippen LogP contribution >= 0.6 is 11.6 Å². The van der Waals surface area contributed by atoms with Gasteiger partial charge in [0.05, 0.1) is 5.88 Å². The highest BCUT2D eigenvalue weighted by Crippen LogP contribution is 2.07. The minimum Gasteiger partial charge on any atom is -0.480 e. The predicted octanol–water partition coefficient (Wildman–Crippen LogP) is 1.79. The normalized spacial score (nSPS) is 12.1. The number of carboxylic acids is 1. The molecule has 0 bridgehead atoms. The average Bonchev–Trinajstić information content (AvgIpc) is 2.15. The van der Waals surface area contributed by atoms with Crippen molar-refractivity contribution >= 4 is 23.3 Å². The van der Waals surface area contributed by atoms with Gasteiger partial charge in [0.2, 0.25) is 0 Å². The Kier molecular flexibility index (Phi) is 3.58. The quantitative estimate of drug-likeness (QED) is 0.727. The minimum absolute atomic E-state index is 0.0459. The van der Waals surface area contributed by atoms with Gasteiger partial charge < -0.3 is 10.4 Å².